The minimum absolute atomic E-state index is 0.251. The molecule has 1 N–H and O–H groups in total. The van der Waals surface area contributed by atoms with Crippen LogP contribution in [-0.4, -0.2) is 15.0 Å². The summed E-state index contributed by atoms with van der Waals surface area (Å²) in [4.78, 5) is 12.4. The second-order valence-electron chi connectivity index (χ2n) is 4.58. The highest BCUT2D eigenvalue weighted by molar-refractivity contribution is 5.70. The van der Waals surface area contributed by atoms with Crippen molar-refractivity contribution in [3.05, 3.63) is 59.5 Å². The van der Waals surface area contributed by atoms with Crippen molar-refractivity contribution >= 4 is 11.2 Å². The number of benzene rings is 1. The average Bonchev–Trinajstić information content (AvgIpc) is 2.81. The Morgan fingerprint density at radius 1 is 1.00 bits per heavy atom. The van der Waals surface area contributed by atoms with E-state index < -0.39 is 0 Å². The number of nitrogens with zero attached hydrogens (tertiary/aromatic N) is 2. The van der Waals surface area contributed by atoms with Crippen LogP contribution in [0.2, 0.25) is 0 Å². The van der Waals surface area contributed by atoms with Crippen molar-refractivity contribution < 1.29 is 0 Å². The maximum atomic E-state index is 4.58. The molecule has 0 amide bonds. The van der Waals surface area contributed by atoms with Crippen LogP contribution in [0, 0.1) is 6.92 Å². The van der Waals surface area contributed by atoms with Crippen LogP contribution in [0.15, 0.2) is 42.5 Å². The zero-order chi connectivity index (χ0) is 12.5. The number of aromatic nitrogens is 3. The Kier molecular flexibility index (Phi) is 2.59. The fourth-order valence-corrected chi connectivity index (χ4v) is 2.11. The van der Waals surface area contributed by atoms with Crippen LogP contribution in [0.3, 0.4) is 0 Å². The summed E-state index contributed by atoms with van der Waals surface area (Å²) in [7, 11) is 0. The molecular weight excluding hydrogens is 222 g/mol. The molecule has 3 aromatic rings. The Morgan fingerprint density at radius 2 is 1.78 bits per heavy atom. The van der Waals surface area contributed by atoms with Gasteiger partial charge in [-0.1, -0.05) is 37.3 Å². The first-order valence-corrected chi connectivity index (χ1v) is 6.12. The second-order valence-corrected chi connectivity index (χ2v) is 4.58. The van der Waals surface area contributed by atoms with Crippen molar-refractivity contribution in [2.24, 2.45) is 0 Å². The highest BCUT2D eigenvalue weighted by Gasteiger charge is 2.13. The number of rotatable bonds is 2. The van der Waals surface area contributed by atoms with Crippen LogP contribution in [0.5, 0.6) is 0 Å². The lowest BCUT2D eigenvalue weighted by molar-refractivity contribution is 0.844. The normalized spacial score (nSPS) is 12.8. The number of hydrogen-bond donors (Lipinski definition) is 1. The lowest BCUT2D eigenvalue weighted by Gasteiger charge is -2.07. The van der Waals surface area contributed by atoms with Gasteiger partial charge in [-0.15, -0.1) is 0 Å². The van der Waals surface area contributed by atoms with E-state index in [0.717, 1.165) is 22.7 Å². The predicted molar refractivity (Wildman–Crippen MR) is 72.6 cm³/mol. The third-order valence-electron chi connectivity index (χ3n) is 3.21. The second kappa shape index (κ2) is 4.26. The third kappa shape index (κ3) is 1.88. The molecule has 0 spiro atoms. The summed E-state index contributed by atoms with van der Waals surface area (Å²) in [6.07, 6.45) is 0. The summed E-state index contributed by atoms with van der Waals surface area (Å²) in [5.74, 6) is 1.22. The highest BCUT2D eigenvalue weighted by atomic mass is 15.0. The molecule has 1 aromatic carbocycles. The number of imidazole rings is 1. The van der Waals surface area contributed by atoms with Crippen molar-refractivity contribution in [3.8, 4) is 0 Å². The standard InChI is InChI=1S/C15H15N3/c1-10-8-9-13-15(16-10)18-14(17-13)11(2)12-6-4-3-5-7-12/h3-9,11H,1-2H3,(H,16,17,18). The van der Waals surface area contributed by atoms with E-state index in [4.69, 9.17) is 0 Å². The van der Waals surface area contributed by atoms with Gasteiger partial charge in [0, 0.05) is 11.6 Å². The Hall–Kier alpha value is -2.16. The number of hydrogen-bond acceptors (Lipinski definition) is 2. The summed E-state index contributed by atoms with van der Waals surface area (Å²) < 4.78 is 0. The molecule has 2 heterocycles. The van der Waals surface area contributed by atoms with Crippen LogP contribution in [0.1, 0.15) is 29.9 Å². The minimum atomic E-state index is 0.251. The van der Waals surface area contributed by atoms with Crippen LogP contribution >= 0.6 is 0 Å². The van der Waals surface area contributed by atoms with Gasteiger partial charge >= 0.3 is 0 Å². The van der Waals surface area contributed by atoms with Crippen molar-refractivity contribution in [2.75, 3.05) is 0 Å². The fraction of sp³-hybridized carbons (Fsp3) is 0.200. The molecule has 3 nitrogen and oxygen atoms in total. The van der Waals surface area contributed by atoms with Crippen molar-refractivity contribution in [1.29, 1.82) is 0 Å². The van der Waals surface area contributed by atoms with Gasteiger partial charge in [-0.2, -0.15) is 0 Å². The lowest BCUT2D eigenvalue weighted by Crippen LogP contribution is -1.97. The molecule has 1 unspecified atom stereocenters. The summed E-state index contributed by atoms with van der Waals surface area (Å²) in [5, 5.41) is 0. The smallest absolute Gasteiger partial charge is 0.177 e. The van der Waals surface area contributed by atoms with Crippen LogP contribution in [0.4, 0.5) is 0 Å². The number of fused-ring (bicyclic) bond motifs is 1. The van der Waals surface area contributed by atoms with Gasteiger partial charge in [0.1, 0.15) is 5.82 Å². The Morgan fingerprint density at radius 3 is 2.56 bits per heavy atom. The van der Waals surface area contributed by atoms with Gasteiger partial charge in [0.25, 0.3) is 0 Å². The molecule has 0 aliphatic heterocycles. The summed E-state index contributed by atoms with van der Waals surface area (Å²) >= 11 is 0. The minimum Gasteiger partial charge on any atom is -0.340 e. The zero-order valence-electron chi connectivity index (χ0n) is 10.5. The molecule has 0 radical (unpaired) electrons. The molecule has 3 heteroatoms. The molecule has 0 fully saturated rings. The molecule has 0 bridgehead atoms. The van der Waals surface area contributed by atoms with Gasteiger partial charge < -0.3 is 4.98 Å². The Bertz CT molecular complexity index is 671. The number of H-pyrrole nitrogens is 1. The van der Waals surface area contributed by atoms with E-state index in [9.17, 15) is 0 Å². The molecule has 0 saturated heterocycles. The van der Waals surface area contributed by atoms with Gasteiger partial charge in [-0.3, -0.25) is 0 Å². The lowest BCUT2D eigenvalue weighted by atomic mass is 10.0. The Balaban J connectivity index is 2.04. The van der Waals surface area contributed by atoms with E-state index in [2.05, 4.69) is 46.1 Å². The SMILES string of the molecule is Cc1ccc2[nH]c(C(C)c3ccccc3)nc2n1. The van der Waals surface area contributed by atoms with E-state index in [1.807, 2.05) is 25.1 Å². The maximum absolute atomic E-state index is 4.58. The molecule has 0 saturated carbocycles. The number of nitrogens with one attached hydrogen (secondary N) is 1. The first-order chi connectivity index (χ1) is 8.74. The first kappa shape index (κ1) is 11.0. The average molecular weight is 237 g/mol. The van der Waals surface area contributed by atoms with E-state index in [1.165, 1.54) is 5.56 Å². The molecule has 3 rings (SSSR count). The van der Waals surface area contributed by atoms with Crippen molar-refractivity contribution in [2.45, 2.75) is 19.8 Å². The molecule has 0 aliphatic carbocycles. The topological polar surface area (TPSA) is 41.6 Å². The molecular formula is C15H15N3. The summed E-state index contributed by atoms with van der Waals surface area (Å²) in [6, 6.07) is 14.4. The molecule has 90 valence electrons. The van der Waals surface area contributed by atoms with Crippen LogP contribution in [0.25, 0.3) is 11.2 Å². The third-order valence-corrected chi connectivity index (χ3v) is 3.21. The number of aromatic amines is 1. The zero-order valence-corrected chi connectivity index (χ0v) is 10.5. The quantitative estimate of drug-likeness (QED) is 0.742. The van der Waals surface area contributed by atoms with E-state index in [0.29, 0.717) is 0 Å². The number of pyridine rings is 1. The molecule has 18 heavy (non-hydrogen) atoms. The van der Waals surface area contributed by atoms with Gasteiger partial charge in [0.15, 0.2) is 5.65 Å². The van der Waals surface area contributed by atoms with Crippen LogP contribution in [-0.2, 0) is 0 Å². The number of aryl methyl sites for hydroxylation is 1. The molecule has 0 aliphatic rings. The highest BCUT2D eigenvalue weighted by Crippen LogP contribution is 2.23. The fourth-order valence-electron chi connectivity index (χ4n) is 2.11. The predicted octanol–water partition coefficient (Wildman–Crippen LogP) is 3.42. The summed E-state index contributed by atoms with van der Waals surface area (Å²) in [6.45, 7) is 4.13. The van der Waals surface area contributed by atoms with Gasteiger partial charge in [0.05, 0.1) is 5.52 Å². The van der Waals surface area contributed by atoms with Gasteiger partial charge in [-0.25, -0.2) is 9.97 Å². The van der Waals surface area contributed by atoms with E-state index in [1.54, 1.807) is 0 Å². The Labute approximate surface area is 106 Å². The molecule has 2 aromatic heterocycles. The van der Waals surface area contributed by atoms with Crippen molar-refractivity contribution in [3.63, 3.8) is 0 Å². The van der Waals surface area contributed by atoms with E-state index >= 15 is 0 Å². The molecule has 1 atom stereocenters. The van der Waals surface area contributed by atoms with Gasteiger partial charge in [0.2, 0.25) is 0 Å². The van der Waals surface area contributed by atoms with E-state index in [-0.39, 0.29) is 5.92 Å². The van der Waals surface area contributed by atoms with Crippen LogP contribution < -0.4 is 0 Å². The summed E-state index contributed by atoms with van der Waals surface area (Å²) in [5.41, 5.74) is 4.05. The first-order valence-electron chi connectivity index (χ1n) is 6.12. The van der Waals surface area contributed by atoms with Gasteiger partial charge in [-0.05, 0) is 24.6 Å². The maximum Gasteiger partial charge on any atom is 0.177 e. The van der Waals surface area contributed by atoms with Crippen molar-refractivity contribution in [1.82, 2.24) is 15.0 Å². The largest absolute Gasteiger partial charge is 0.340 e. The monoisotopic (exact) mass is 237 g/mol.